The third kappa shape index (κ3) is 4.87. The van der Waals surface area contributed by atoms with E-state index in [2.05, 4.69) is 5.32 Å². The lowest BCUT2D eigenvalue weighted by atomic mass is 10.2. The molecule has 2 aromatic rings. The normalized spacial score (nSPS) is 10.3. The molecule has 0 spiro atoms. The molecule has 0 unspecified atom stereocenters. The maximum atomic E-state index is 12.1. The Morgan fingerprint density at radius 2 is 1.79 bits per heavy atom. The third-order valence-electron chi connectivity index (χ3n) is 3.71. The fourth-order valence-electron chi connectivity index (χ4n) is 2.23. The fourth-order valence-corrected chi connectivity index (χ4v) is 2.23. The van der Waals surface area contributed by atoms with Crippen LogP contribution in [-0.2, 0) is 11.3 Å². The molecule has 1 aromatic carbocycles. The van der Waals surface area contributed by atoms with Gasteiger partial charge in [-0.2, -0.15) is 0 Å². The number of hydrogen-bond acceptors (Lipinski definition) is 4. The van der Waals surface area contributed by atoms with Gasteiger partial charge in [0.25, 0.3) is 5.91 Å². The van der Waals surface area contributed by atoms with E-state index < -0.39 is 0 Å². The van der Waals surface area contributed by atoms with Crippen molar-refractivity contribution in [1.29, 1.82) is 0 Å². The van der Waals surface area contributed by atoms with Crippen molar-refractivity contribution in [2.75, 3.05) is 32.6 Å². The molecular formula is C18H23N3O3. The average molecular weight is 329 g/mol. The van der Waals surface area contributed by atoms with Crippen molar-refractivity contribution in [2.24, 2.45) is 0 Å². The quantitative estimate of drug-likeness (QED) is 0.845. The largest absolute Gasteiger partial charge is 0.472 e. The molecule has 6 nitrogen and oxygen atoms in total. The second kappa shape index (κ2) is 8.19. The Kier molecular flexibility index (Phi) is 6.01. The molecule has 0 saturated carbocycles. The average Bonchev–Trinajstić information content (AvgIpc) is 3.09. The highest BCUT2D eigenvalue weighted by molar-refractivity contribution is 5.94. The monoisotopic (exact) mass is 329 g/mol. The summed E-state index contributed by atoms with van der Waals surface area (Å²) in [6.07, 6.45) is 3.08. The number of benzene rings is 1. The minimum atomic E-state index is -0.238. The molecule has 24 heavy (non-hydrogen) atoms. The molecule has 1 N–H and O–H groups in total. The van der Waals surface area contributed by atoms with E-state index in [9.17, 15) is 9.59 Å². The molecule has 1 aromatic heterocycles. The number of furan rings is 1. The van der Waals surface area contributed by atoms with Gasteiger partial charge < -0.3 is 19.5 Å². The van der Waals surface area contributed by atoms with Crippen molar-refractivity contribution in [1.82, 2.24) is 10.2 Å². The Morgan fingerprint density at radius 1 is 1.08 bits per heavy atom. The van der Waals surface area contributed by atoms with Crippen molar-refractivity contribution >= 4 is 17.5 Å². The second-order valence-corrected chi connectivity index (χ2v) is 5.83. The van der Waals surface area contributed by atoms with Crippen LogP contribution < -0.4 is 10.2 Å². The van der Waals surface area contributed by atoms with E-state index in [0.717, 1.165) is 11.3 Å². The van der Waals surface area contributed by atoms with Crippen molar-refractivity contribution < 1.29 is 14.0 Å². The van der Waals surface area contributed by atoms with Crippen LogP contribution in [-0.4, -0.2) is 44.4 Å². The van der Waals surface area contributed by atoms with Crippen LogP contribution in [0.1, 0.15) is 22.3 Å². The molecule has 0 radical (unpaired) electrons. The molecule has 0 atom stereocenters. The summed E-state index contributed by atoms with van der Waals surface area (Å²) in [4.78, 5) is 27.6. The van der Waals surface area contributed by atoms with Crippen LogP contribution in [0.25, 0.3) is 0 Å². The fraction of sp³-hybridized carbons (Fsp3) is 0.333. The van der Waals surface area contributed by atoms with Crippen LogP contribution in [0.15, 0.2) is 47.3 Å². The lowest BCUT2D eigenvalue weighted by molar-refractivity contribution is -0.130. The molecule has 0 aliphatic carbocycles. The molecule has 128 valence electrons. The molecule has 0 saturated heterocycles. The van der Waals surface area contributed by atoms with Crippen LogP contribution in [0.2, 0.25) is 0 Å². The number of rotatable bonds is 7. The highest BCUT2D eigenvalue weighted by Crippen LogP contribution is 2.13. The predicted octanol–water partition coefficient (Wildman–Crippen LogP) is 2.12. The molecule has 1 heterocycles. The molecule has 2 rings (SSSR count). The van der Waals surface area contributed by atoms with Gasteiger partial charge in [0.15, 0.2) is 0 Å². The summed E-state index contributed by atoms with van der Waals surface area (Å²) < 4.78 is 4.85. The molecule has 0 aliphatic rings. The Morgan fingerprint density at radius 3 is 2.38 bits per heavy atom. The first-order chi connectivity index (χ1) is 11.5. The summed E-state index contributed by atoms with van der Waals surface area (Å²) in [6.45, 7) is 0.842. The minimum absolute atomic E-state index is 0.0146. The van der Waals surface area contributed by atoms with Gasteiger partial charge in [0.05, 0.1) is 11.8 Å². The first kappa shape index (κ1) is 17.6. The van der Waals surface area contributed by atoms with Crippen molar-refractivity contribution in [3.05, 3.63) is 54.0 Å². The number of nitrogens with one attached hydrogen (secondary N) is 1. The summed E-state index contributed by atoms with van der Waals surface area (Å²) in [5, 5.41) is 2.70. The van der Waals surface area contributed by atoms with Crippen molar-refractivity contribution in [3.8, 4) is 0 Å². The van der Waals surface area contributed by atoms with Crippen LogP contribution in [0, 0.1) is 0 Å². The summed E-state index contributed by atoms with van der Waals surface area (Å²) in [7, 11) is 5.74. The summed E-state index contributed by atoms with van der Waals surface area (Å²) >= 11 is 0. The SMILES string of the molecule is CN(Cc1ccc(N(C)C)cc1)C(=O)CCNC(=O)c1ccoc1. The van der Waals surface area contributed by atoms with Gasteiger partial charge in [0.1, 0.15) is 6.26 Å². The predicted molar refractivity (Wildman–Crippen MR) is 92.9 cm³/mol. The van der Waals surface area contributed by atoms with E-state index in [1.807, 2.05) is 43.3 Å². The standard InChI is InChI=1S/C18H23N3O3/c1-20(2)16-6-4-14(5-7-16)12-21(3)17(22)8-10-19-18(23)15-9-11-24-13-15/h4-7,9,11,13H,8,10,12H2,1-3H3,(H,19,23). The smallest absolute Gasteiger partial charge is 0.254 e. The Hall–Kier alpha value is -2.76. The molecule has 6 heteroatoms. The zero-order chi connectivity index (χ0) is 17.5. The molecule has 0 aliphatic heterocycles. The molecule has 0 fully saturated rings. The van der Waals surface area contributed by atoms with E-state index in [1.54, 1.807) is 18.0 Å². The second-order valence-electron chi connectivity index (χ2n) is 5.83. The number of hydrogen-bond donors (Lipinski definition) is 1. The number of carbonyl (C=O) groups is 2. The minimum Gasteiger partial charge on any atom is -0.472 e. The topological polar surface area (TPSA) is 65.8 Å². The lowest BCUT2D eigenvalue weighted by Crippen LogP contribution is -2.31. The third-order valence-corrected chi connectivity index (χ3v) is 3.71. The molecular weight excluding hydrogens is 306 g/mol. The lowest BCUT2D eigenvalue weighted by Gasteiger charge is -2.18. The van der Waals surface area contributed by atoms with Crippen LogP contribution in [0.4, 0.5) is 5.69 Å². The Bertz CT molecular complexity index is 663. The van der Waals surface area contributed by atoms with E-state index in [1.165, 1.54) is 12.5 Å². The summed E-state index contributed by atoms with van der Waals surface area (Å²) in [5.41, 5.74) is 2.64. The first-order valence-electron chi connectivity index (χ1n) is 7.78. The zero-order valence-corrected chi connectivity index (χ0v) is 14.3. The Balaban J connectivity index is 1.76. The zero-order valence-electron chi connectivity index (χ0n) is 14.3. The maximum absolute atomic E-state index is 12.1. The highest BCUT2D eigenvalue weighted by Gasteiger charge is 2.11. The van der Waals surface area contributed by atoms with E-state index >= 15 is 0 Å². The highest BCUT2D eigenvalue weighted by atomic mass is 16.3. The Labute approximate surface area is 142 Å². The summed E-state index contributed by atoms with van der Waals surface area (Å²) in [6, 6.07) is 9.66. The van der Waals surface area contributed by atoms with Gasteiger partial charge in [-0.1, -0.05) is 12.1 Å². The van der Waals surface area contributed by atoms with E-state index in [0.29, 0.717) is 18.7 Å². The van der Waals surface area contributed by atoms with Gasteiger partial charge in [-0.15, -0.1) is 0 Å². The van der Waals surface area contributed by atoms with Crippen molar-refractivity contribution in [2.45, 2.75) is 13.0 Å². The van der Waals surface area contributed by atoms with E-state index in [4.69, 9.17) is 4.42 Å². The van der Waals surface area contributed by atoms with Gasteiger partial charge in [-0.05, 0) is 23.8 Å². The summed E-state index contributed by atoms with van der Waals surface area (Å²) in [5.74, 6) is -0.252. The molecule has 2 amide bonds. The van der Waals surface area contributed by atoms with Crippen molar-refractivity contribution in [3.63, 3.8) is 0 Å². The van der Waals surface area contributed by atoms with Gasteiger partial charge in [0, 0.05) is 46.3 Å². The number of nitrogens with zero attached hydrogens (tertiary/aromatic N) is 2. The first-order valence-corrected chi connectivity index (χ1v) is 7.78. The number of amides is 2. The van der Waals surface area contributed by atoms with Crippen LogP contribution in [0.5, 0.6) is 0 Å². The van der Waals surface area contributed by atoms with E-state index in [-0.39, 0.29) is 18.2 Å². The maximum Gasteiger partial charge on any atom is 0.254 e. The van der Waals surface area contributed by atoms with Gasteiger partial charge in [0.2, 0.25) is 5.91 Å². The number of carbonyl (C=O) groups excluding carboxylic acids is 2. The van der Waals surface area contributed by atoms with Gasteiger partial charge >= 0.3 is 0 Å². The van der Waals surface area contributed by atoms with Gasteiger partial charge in [-0.25, -0.2) is 0 Å². The van der Waals surface area contributed by atoms with Gasteiger partial charge in [-0.3, -0.25) is 9.59 Å². The number of anilines is 1. The van der Waals surface area contributed by atoms with Crippen LogP contribution in [0.3, 0.4) is 0 Å². The van der Waals surface area contributed by atoms with Crippen LogP contribution >= 0.6 is 0 Å². The molecule has 0 bridgehead atoms.